The van der Waals surface area contributed by atoms with Gasteiger partial charge in [0.05, 0.1) is 12.0 Å². The van der Waals surface area contributed by atoms with Crippen LogP contribution in [0.5, 0.6) is 0 Å². The number of carboxylic acid groups (broad SMARTS) is 1. The van der Waals surface area contributed by atoms with Crippen molar-refractivity contribution in [2.75, 3.05) is 32.8 Å². The first-order valence-corrected chi connectivity index (χ1v) is 6.92. The van der Waals surface area contributed by atoms with Gasteiger partial charge in [0.1, 0.15) is 0 Å². The minimum atomic E-state index is -0.650. The van der Waals surface area contributed by atoms with Crippen LogP contribution in [0.15, 0.2) is 0 Å². The van der Waals surface area contributed by atoms with Gasteiger partial charge in [-0.25, -0.2) is 0 Å². The highest BCUT2D eigenvalue weighted by atomic mass is 16.5. The van der Waals surface area contributed by atoms with Crippen LogP contribution in [0.2, 0.25) is 0 Å². The lowest BCUT2D eigenvalue weighted by molar-refractivity contribution is -0.151. The summed E-state index contributed by atoms with van der Waals surface area (Å²) in [4.78, 5) is 13.7. The van der Waals surface area contributed by atoms with E-state index in [4.69, 9.17) is 4.74 Å². The molecule has 0 aliphatic carbocycles. The summed E-state index contributed by atoms with van der Waals surface area (Å²) in [5.74, 6) is 0.0806. The molecule has 1 N–H and O–H groups in total. The lowest BCUT2D eigenvalue weighted by Gasteiger charge is -2.28. The van der Waals surface area contributed by atoms with Gasteiger partial charge in [0.25, 0.3) is 0 Å². The second-order valence-electron chi connectivity index (χ2n) is 6.11. The first-order valence-electron chi connectivity index (χ1n) is 6.92. The van der Waals surface area contributed by atoms with Crippen molar-refractivity contribution in [3.8, 4) is 0 Å². The topological polar surface area (TPSA) is 49.8 Å². The SMILES string of the molecule is CC(C)COCCN1CCC(C(=O)O)(C(C)C)C1. The van der Waals surface area contributed by atoms with Crippen molar-refractivity contribution in [1.29, 1.82) is 0 Å². The Bertz CT molecular complexity index is 278. The molecule has 0 aromatic rings. The Morgan fingerprint density at radius 3 is 2.50 bits per heavy atom. The Kier molecular flexibility index (Phi) is 5.60. The van der Waals surface area contributed by atoms with E-state index < -0.39 is 11.4 Å². The second kappa shape index (κ2) is 6.53. The highest BCUT2D eigenvalue weighted by Gasteiger charge is 2.46. The number of ether oxygens (including phenoxy) is 1. The van der Waals surface area contributed by atoms with E-state index in [1.165, 1.54) is 0 Å². The molecule has 4 heteroatoms. The van der Waals surface area contributed by atoms with E-state index in [9.17, 15) is 9.90 Å². The summed E-state index contributed by atoms with van der Waals surface area (Å²) in [6.07, 6.45) is 0.754. The number of carboxylic acids is 1. The summed E-state index contributed by atoms with van der Waals surface area (Å²) in [6, 6.07) is 0. The van der Waals surface area contributed by atoms with Gasteiger partial charge in [-0.3, -0.25) is 9.69 Å². The number of likely N-dealkylation sites (tertiary alicyclic amines) is 1. The molecule has 18 heavy (non-hydrogen) atoms. The average molecular weight is 257 g/mol. The van der Waals surface area contributed by atoms with Gasteiger partial charge in [-0.1, -0.05) is 27.7 Å². The van der Waals surface area contributed by atoms with E-state index in [0.29, 0.717) is 19.1 Å². The van der Waals surface area contributed by atoms with E-state index in [2.05, 4.69) is 18.7 Å². The van der Waals surface area contributed by atoms with Crippen molar-refractivity contribution in [3.63, 3.8) is 0 Å². The fraction of sp³-hybridized carbons (Fsp3) is 0.929. The van der Waals surface area contributed by atoms with E-state index >= 15 is 0 Å². The summed E-state index contributed by atoms with van der Waals surface area (Å²) in [5.41, 5.74) is -0.557. The molecule has 0 aromatic heterocycles. The zero-order chi connectivity index (χ0) is 13.8. The zero-order valence-electron chi connectivity index (χ0n) is 12.1. The molecule has 1 fully saturated rings. The molecule has 1 atom stereocenters. The highest BCUT2D eigenvalue weighted by Crippen LogP contribution is 2.37. The Balaban J connectivity index is 2.38. The average Bonchev–Trinajstić information content (AvgIpc) is 2.69. The summed E-state index contributed by atoms with van der Waals surface area (Å²) >= 11 is 0. The van der Waals surface area contributed by atoms with Gasteiger partial charge in [-0.05, 0) is 24.8 Å². The quantitative estimate of drug-likeness (QED) is 0.710. The number of hydrogen-bond acceptors (Lipinski definition) is 3. The van der Waals surface area contributed by atoms with Crippen LogP contribution in [0.25, 0.3) is 0 Å². The molecule has 1 aliphatic rings. The standard InChI is InChI=1S/C14H27NO3/c1-11(2)9-18-8-7-15-6-5-14(10-15,12(3)4)13(16)17/h11-12H,5-10H2,1-4H3,(H,16,17). The molecular formula is C14H27NO3. The molecule has 1 heterocycles. The molecule has 0 saturated carbocycles. The van der Waals surface area contributed by atoms with Crippen LogP contribution in [0, 0.1) is 17.3 Å². The predicted molar refractivity (Wildman–Crippen MR) is 71.6 cm³/mol. The number of carbonyl (C=O) groups is 1. The molecule has 0 bridgehead atoms. The van der Waals surface area contributed by atoms with Crippen molar-refractivity contribution in [2.24, 2.45) is 17.3 Å². The minimum Gasteiger partial charge on any atom is -0.481 e. The van der Waals surface area contributed by atoms with Crippen LogP contribution in [-0.4, -0.2) is 48.8 Å². The van der Waals surface area contributed by atoms with Gasteiger partial charge >= 0.3 is 5.97 Å². The third kappa shape index (κ3) is 3.69. The summed E-state index contributed by atoms with van der Waals surface area (Å²) in [7, 11) is 0. The van der Waals surface area contributed by atoms with Gasteiger partial charge < -0.3 is 9.84 Å². The molecule has 1 saturated heterocycles. The molecule has 4 nitrogen and oxygen atoms in total. The van der Waals surface area contributed by atoms with Crippen molar-refractivity contribution in [3.05, 3.63) is 0 Å². The lowest BCUT2D eigenvalue weighted by Crippen LogP contribution is -2.39. The largest absolute Gasteiger partial charge is 0.481 e. The van der Waals surface area contributed by atoms with Crippen molar-refractivity contribution >= 4 is 5.97 Å². The summed E-state index contributed by atoms with van der Waals surface area (Å²) in [6.45, 7) is 12.1. The van der Waals surface area contributed by atoms with Gasteiger partial charge in [0.15, 0.2) is 0 Å². The monoisotopic (exact) mass is 257 g/mol. The van der Waals surface area contributed by atoms with Crippen molar-refractivity contribution in [1.82, 2.24) is 4.90 Å². The molecule has 0 spiro atoms. The van der Waals surface area contributed by atoms with E-state index in [1.807, 2.05) is 13.8 Å². The molecule has 0 aromatic carbocycles. The first kappa shape index (κ1) is 15.4. The fourth-order valence-electron chi connectivity index (χ4n) is 2.51. The molecule has 1 rings (SSSR count). The van der Waals surface area contributed by atoms with Crippen LogP contribution in [-0.2, 0) is 9.53 Å². The Hall–Kier alpha value is -0.610. The smallest absolute Gasteiger partial charge is 0.311 e. The van der Waals surface area contributed by atoms with Crippen LogP contribution in [0.3, 0.4) is 0 Å². The van der Waals surface area contributed by atoms with Crippen molar-refractivity contribution < 1.29 is 14.6 Å². The molecule has 0 amide bonds. The Morgan fingerprint density at radius 1 is 1.39 bits per heavy atom. The van der Waals surface area contributed by atoms with E-state index in [-0.39, 0.29) is 5.92 Å². The van der Waals surface area contributed by atoms with E-state index in [1.54, 1.807) is 0 Å². The maximum atomic E-state index is 11.5. The molecule has 106 valence electrons. The number of nitrogens with zero attached hydrogens (tertiary/aromatic N) is 1. The Morgan fingerprint density at radius 2 is 2.06 bits per heavy atom. The second-order valence-corrected chi connectivity index (χ2v) is 6.11. The summed E-state index contributed by atoms with van der Waals surface area (Å²) in [5, 5.41) is 9.44. The van der Waals surface area contributed by atoms with Gasteiger partial charge in [0, 0.05) is 19.7 Å². The highest BCUT2D eigenvalue weighted by molar-refractivity contribution is 5.75. The lowest BCUT2D eigenvalue weighted by atomic mass is 9.76. The number of aliphatic carboxylic acids is 1. The maximum Gasteiger partial charge on any atom is 0.311 e. The molecule has 0 radical (unpaired) electrons. The molecular weight excluding hydrogens is 230 g/mol. The molecule has 1 unspecified atom stereocenters. The van der Waals surface area contributed by atoms with E-state index in [0.717, 1.165) is 26.1 Å². The maximum absolute atomic E-state index is 11.5. The van der Waals surface area contributed by atoms with Crippen LogP contribution >= 0.6 is 0 Å². The number of rotatable bonds is 7. The third-order valence-corrected chi connectivity index (χ3v) is 3.91. The first-order chi connectivity index (χ1) is 8.38. The molecule has 1 aliphatic heterocycles. The Labute approximate surface area is 110 Å². The van der Waals surface area contributed by atoms with Gasteiger partial charge in [0.2, 0.25) is 0 Å². The van der Waals surface area contributed by atoms with Crippen molar-refractivity contribution in [2.45, 2.75) is 34.1 Å². The fourth-order valence-corrected chi connectivity index (χ4v) is 2.51. The zero-order valence-corrected chi connectivity index (χ0v) is 12.1. The normalized spacial score (nSPS) is 25.2. The third-order valence-electron chi connectivity index (χ3n) is 3.91. The van der Waals surface area contributed by atoms with Gasteiger partial charge in [-0.15, -0.1) is 0 Å². The predicted octanol–water partition coefficient (Wildman–Crippen LogP) is 2.09. The summed E-state index contributed by atoms with van der Waals surface area (Å²) < 4.78 is 5.56. The minimum absolute atomic E-state index is 0.177. The van der Waals surface area contributed by atoms with Crippen LogP contribution in [0.1, 0.15) is 34.1 Å². The van der Waals surface area contributed by atoms with Gasteiger partial charge in [-0.2, -0.15) is 0 Å². The number of hydrogen-bond donors (Lipinski definition) is 1. The van der Waals surface area contributed by atoms with Crippen LogP contribution in [0.4, 0.5) is 0 Å². The van der Waals surface area contributed by atoms with Crippen LogP contribution < -0.4 is 0 Å².